The van der Waals surface area contributed by atoms with E-state index >= 15 is 0 Å². The Morgan fingerprint density at radius 1 is 1.37 bits per heavy atom. The normalized spacial score (nSPS) is 15.1. The van der Waals surface area contributed by atoms with Crippen molar-refractivity contribution >= 4 is 11.0 Å². The fourth-order valence-electron chi connectivity index (χ4n) is 2.18. The summed E-state index contributed by atoms with van der Waals surface area (Å²) in [7, 11) is 2.00. The maximum Gasteiger partial charge on any atom is 0.112 e. The summed E-state index contributed by atoms with van der Waals surface area (Å²) in [6.07, 6.45) is 0.540. The van der Waals surface area contributed by atoms with Crippen LogP contribution < -0.4 is 5.32 Å². The molecule has 0 aliphatic carbocycles. The highest BCUT2D eigenvalue weighted by Gasteiger charge is 2.24. The van der Waals surface area contributed by atoms with Crippen molar-refractivity contribution in [1.29, 1.82) is 0 Å². The van der Waals surface area contributed by atoms with Gasteiger partial charge in [0.25, 0.3) is 0 Å². The van der Waals surface area contributed by atoms with Gasteiger partial charge in [-0.3, -0.25) is 0 Å². The van der Waals surface area contributed by atoms with Crippen LogP contribution in [0.15, 0.2) is 24.3 Å². The number of rotatable bonds is 5. The van der Waals surface area contributed by atoms with E-state index in [1.165, 1.54) is 0 Å². The number of aryl methyl sites for hydroxylation is 1. The van der Waals surface area contributed by atoms with Crippen molar-refractivity contribution in [2.24, 2.45) is 7.05 Å². The first-order valence-electron chi connectivity index (χ1n) is 6.75. The van der Waals surface area contributed by atoms with Crippen LogP contribution in [0.25, 0.3) is 11.0 Å². The van der Waals surface area contributed by atoms with E-state index in [0.717, 1.165) is 16.9 Å². The molecule has 0 fully saturated rings. The van der Waals surface area contributed by atoms with E-state index in [9.17, 15) is 5.11 Å². The lowest BCUT2D eigenvalue weighted by atomic mass is 10.0. The van der Waals surface area contributed by atoms with Gasteiger partial charge in [0.05, 0.1) is 16.6 Å². The molecule has 0 saturated carbocycles. The van der Waals surface area contributed by atoms with E-state index < -0.39 is 5.60 Å². The lowest BCUT2D eigenvalue weighted by Gasteiger charge is -2.24. The number of aliphatic hydroxyl groups is 1. The molecule has 0 aliphatic heterocycles. The highest BCUT2D eigenvalue weighted by atomic mass is 16.3. The fraction of sp³-hybridized carbons (Fsp3) is 0.533. The molecule has 1 aromatic carbocycles. The number of imidazole rings is 1. The van der Waals surface area contributed by atoms with Crippen LogP contribution in [0.2, 0.25) is 0 Å². The Hall–Kier alpha value is -1.39. The molecule has 19 heavy (non-hydrogen) atoms. The average molecular weight is 261 g/mol. The summed E-state index contributed by atoms with van der Waals surface area (Å²) in [6, 6.07) is 8.41. The highest BCUT2D eigenvalue weighted by molar-refractivity contribution is 5.75. The number of para-hydroxylation sites is 2. The molecule has 1 unspecified atom stereocenters. The van der Waals surface area contributed by atoms with Crippen LogP contribution in [0.5, 0.6) is 0 Å². The molecule has 2 rings (SSSR count). The molecular formula is C15H23N3O. The average Bonchev–Trinajstić information content (AvgIpc) is 2.64. The van der Waals surface area contributed by atoms with Crippen LogP contribution in [0, 0.1) is 0 Å². The van der Waals surface area contributed by atoms with Gasteiger partial charge in [0.15, 0.2) is 0 Å². The Balaban J connectivity index is 2.18. The SMILES string of the molecule is CC(C)NCC(C)(O)Cc1nc2ccccc2n1C. The lowest BCUT2D eigenvalue weighted by Crippen LogP contribution is -2.42. The van der Waals surface area contributed by atoms with Gasteiger partial charge in [-0.15, -0.1) is 0 Å². The monoisotopic (exact) mass is 261 g/mol. The molecule has 4 nitrogen and oxygen atoms in total. The van der Waals surface area contributed by atoms with Crippen LogP contribution in [-0.4, -0.2) is 32.8 Å². The van der Waals surface area contributed by atoms with Crippen molar-refractivity contribution in [3.63, 3.8) is 0 Å². The molecule has 104 valence electrons. The van der Waals surface area contributed by atoms with E-state index in [0.29, 0.717) is 19.0 Å². The predicted molar refractivity (Wildman–Crippen MR) is 78.2 cm³/mol. The van der Waals surface area contributed by atoms with Crippen molar-refractivity contribution < 1.29 is 5.11 Å². The van der Waals surface area contributed by atoms with Crippen molar-refractivity contribution in [2.45, 2.75) is 38.8 Å². The molecule has 2 aromatic rings. The number of nitrogens with zero attached hydrogens (tertiary/aromatic N) is 2. The standard InChI is InChI=1S/C15H23N3O/c1-11(2)16-10-15(3,19)9-14-17-12-7-5-6-8-13(12)18(14)4/h5-8,11,16,19H,9-10H2,1-4H3. The Labute approximate surface area is 114 Å². The van der Waals surface area contributed by atoms with Crippen molar-refractivity contribution in [1.82, 2.24) is 14.9 Å². The molecular weight excluding hydrogens is 238 g/mol. The predicted octanol–water partition coefficient (Wildman–Crippen LogP) is 1.86. The van der Waals surface area contributed by atoms with Gasteiger partial charge in [0, 0.05) is 26.1 Å². The van der Waals surface area contributed by atoms with Crippen LogP contribution in [-0.2, 0) is 13.5 Å². The van der Waals surface area contributed by atoms with Crippen LogP contribution >= 0.6 is 0 Å². The molecule has 0 bridgehead atoms. The van der Waals surface area contributed by atoms with Gasteiger partial charge in [-0.25, -0.2) is 4.98 Å². The largest absolute Gasteiger partial charge is 0.388 e. The second kappa shape index (κ2) is 5.31. The summed E-state index contributed by atoms with van der Waals surface area (Å²) in [5.74, 6) is 0.914. The third-order valence-electron chi connectivity index (χ3n) is 3.31. The zero-order valence-electron chi connectivity index (χ0n) is 12.1. The summed E-state index contributed by atoms with van der Waals surface area (Å²) in [5, 5.41) is 13.7. The number of benzene rings is 1. The first-order valence-corrected chi connectivity index (χ1v) is 6.75. The van der Waals surface area contributed by atoms with Gasteiger partial charge in [-0.1, -0.05) is 26.0 Å². The summed E-state index contributed by atoms with van der Waals surface area (Å²) in [4.78, 5) is 4.60. The van der Waals surface area contributed by atoms with Crippen molar-refractivity contribution in [3.8, 4) is 0 Å². The van der Waals surface area contributed by atoms with E-state index in [2.05, 4.69) is 28.7 Å². The summed E-state index contributed by atoms with van der Waals surface area (Å²) >= 11 is 0. The molecule has 1 heterocycles. The molecule has 1 atom stereocenters. The van der Waals surface area contributed by atoms with E-state index in [4.69, 9.17) is 0 Å². The van der Waals surface area contributed by atoms with Gasteiger partial charge in [-0.2, -0.15) is 0 Å². The van der Waals surface area contributed by atoms with Gasteiger partial charge in [0.1, 0.15) is 5.82 Å². The topological polar surface area (TPSA) is 50.1 Å². The minimum Gasteiger partial charge on any atom is -0.388 e. The van der Waals surface area contributed by atoms with Gasteiger partial charge in [-0.05, 0) is 19.1 Å². The Morgan fingerprint density at radius 3 is 2.68 bits per heavy atom. The fourth-order valence-corrected chi connectivity index (χ4v) is 2.18. The number of nitrogens with one attached hydrogen (secondary N) is 1. The van der Waals surface area contributed by atoms with Crippen molar-refractivity contribution in [2.75, 3.05) is 6.54 Å². The van der Waals surface area contributed by atoms with Crippen molar-refractivity contribution in [3.05, 3.63) is 30.1 Å². The zero-order valence-corrected chi connectivity index (χ0v) is 12.1. The number of fused-ring (bicyclic) bond motifs is 1. The minimum absolute atomic E-state index is 0.368. The van der Waals surface area contributed by atoms with E-state index in [-0.39, 0.29) is 0 Å². The van der Waals surface area contributed by atoms with Crippen LogP contribution in [0.1, 0.15) is 26.6 Å². The first kappa shape index (κ1) is 14.0. The van der Waals surface area contributed by atoms with Gasteiger partial charge < -0.3 is 15.0 Å². The zero-order chi connectivity index (χ0) is 14.0. The molecule has 4 heteroatoms. The quantitative estimate of drug-likeness (QED) is 0.864. The summed E-state index contributed by atoms with van der Waals surface area (Å²) in [6.45, 7) is 6.56. The minimum atomic E-state index is -0.792. The molecule has 0 spiro atoms. The summed E-state index contributed by atoms with van der Waals surface area (Å²) in [5.41, 5.74) is 1.29. The van der Waals surface area contributed by atoms with E-state index in [1.54, 1.807) is 0 Å². The van der Waals surface area contributed by atoms with Gasteiger partial charge >= 0.3 is 0 Å². The third kappa shape index (κ3) is 3.33. The van der Waals surface area contributed by atoms with Crippen LogP contribution in [0.3, 0.4) is 0 Å². The second-order valence-corrected chi connectivity index (χ2v) is 5.79. The number of hydrogen-bond acceptors (Lipinski definition) is 3. The van der Waals surface area contributed by atoms with Crippen LogP contribution in [0.4, 0.5) is 0 Å². The highest BCUT2D eigenvalue weighted by Crippen LogP contribution is 2.18. The Kier molecular flexibility index (Phi) is 3.92. The molecule has 0 saturated heterocycles. The molecule has 2 N–H and O–H groups in total. The molecule has 0 amide bonds. The number of aromatic nitrogens is 2. The van der Waals surface area contributed by atoms with E-state index in [1.807, 2.05) is 38.2 Å². The molecule has 0 aliphatic rings. The second-order valence-electron chi connectivity index (χ2n) is 5.79. The third-order valence-corrected chi connectivity index (χ3v) is 3.31. The lowest BCUT2D eigenvalue weighted by molar-refractivity contribution is 0.0556. The summed E-state index contributed by atoms with van der Waals surface area (Å²) < 4.78 is 2.05. The van der Waals surface area contributed by atoms with Gasteiger partial charge in [0.2, 0.25) is 0 Å². The molecule has 1 aromatic heterocycles. The number of hydrogen-bond donors (Lipinski definition) is 2. The Morgan fingerprint density at radius 2 is 2.05 bits per heavy atom. The maximum absolute atomic E-state index is 10.5. The smallest absolute Gasteiger partial charge is 0.112 e. The maximum atomic E-state index is 10.5. The first-order chi connectivity index (χ1) is 8.89. The molecule has 0 radical (unpaired) electrons. The Bertz CT molecular complexity index is 558.